The molecule has 106 valence electrons. The number of ether oxygens (including phenoxy) is 2. The molecule has 0 radical (unpaired) electrons. The van der Waals surface area contributed by atoms with E-state index in [0.29, 0.717) is 17.9 Å². The highest BCUT2D eigenvalue weighted by Gasteiger charge is 2.29. The van der Waals surface area contributed by atoms with Crippen molar-refractivity contribution in [2.24, 2.45) is 0 Å². The Labute approximate surface area is 118 Å². The van der Waals surface area contributed by atoms with Gasteiger partial charge in [-0.05, 0) is 44.0 Å². The first kappa shape index (κ1) is 14.4. The van der Waals surface area contributed by atoms with Crippen LogP contribution in [0.4, 0.5) is 0 Å². The van der Waals surface area contributed by atoms with Crippen molar-refractivity contribution in [2.45, 2.75) is 25.4 Å². The van der Waals surface area contributed by atoms with E-state index in [1.54, 1.807) is 24.3 Å². The highest BCUT2D eigenvalue weighted by Crippen LogP contribution is 2.23. The summed E-state index contributed by atoms with van der Waals surface area (Å²) in [6.07, 6.45) is 2.00. The van der Waals surface area contributed by atoms with Gasteiger partial charge in [-0.15, -0.1) is 0 Å². The van der Waals surface area contributed by atoms with Crippen LogP contribution >= 0.6 is 0 Å². The molecular weight excluding hydrogens is 256 g/mol. The van der Waals surface area contributed by atoms with Crippen molar-refractivity contribution in [2.75, 3.05) is 19.8 Å². The number of amides is 1. The normalized spacial score (nSPS) is 21.2. The maximum absolute atomic E-state index is 11.7. The number of hydrogen-bond acceptors (Lipinski definition) is 4. The van der Waals surface area contributed by atoms with Crippen molar-refractivity contribution in [3.05, 3.63) is 29.8 Å². The van der Waals surface area contributed by atoms with E-state index in [1.165, 1.54) is 0 Å². The molecule has 0 saturated carbocycles. The summed E-state index contributed by atoms with van der Waals surface area (Å²) in [5.74, 6) is 0.397. The Balaban J connectivity index is 1.73. The van der Waals surface area contributed by atoms with Gasteiger partial charge in [-0.3, -0.25) is 4.79 Å². The minimum atomic E-state index is -0.246. The van der Waals surface area contributed by atoms with Crippen LogP contribution < -0.4 is 10.1 Å². The van der Waals surface area contributed by atoms with Crippen LogP contribution in [0.5, 0.6) is 5.75 Å². The summed E-state index contributed by atoms with van der Waals surface area (Å²) in [6.45, 7) is 3.22. The van der Waals surface area contributed by atoms with Crippen molar-refractivity contribution >= 4 is 5.91 Å². The van der Waals surface area contributed by atoms with Crippen molar-refractivity contribution in [3.8, 4) is 11.8 Å². The highest BCUT2D eigenvalue weighted by atomic mass is 16.5. The van der Waals surface area contributed by atoms with E-state index >= 15 is 0 Å². The Kier molecular flexibility index (Phi) is 4.59. The predicted molar refractivity (Wildman–Crippen MR) is 73.3 cm³/mol. The van der Waals surface area contributed by atoms with Gasteiger partial charge in [0.15, 0.2) is 6.61 Å². The quantitative estimate of drug-likeness (QED) is 0.885. The maximum Gasteiger partial charge on any atom is 0.258 e. The zero-order chi connectivity index (χ0) is 14.4. The minimum absolute atomic E-state index is 0.0397. The molecule has 20 heavy (non-hydrogen) atoms. The van der Waals surface area contributed by atoms with E-state index in [0.717, 1.165) is 19.4 Å². The van der Waals surface area contributed by atoms with Gasteiger partial charge in [0.25, 0.3) is 5.91 Å². The number of nitrogens with one attached hydrogen (secondary N) is 1. The van der Waals surface area contributed by atoms with Crippen LogP contribution in [0.25, 0.3) is 0 Å². The van der Waals surface area contributed by atoms with E-state index in [2.05, 4.69) is 5.32 Å². The summed E-state index contributed by atoms with van der Waals surface area (Å²) in [6, 6.07) is 8.68. The van der Waals surface area contributed by atoms with E-state index in [9.17, 15) is 4.79 Å². The van der Waals surface area contributed by atoms with Crippen molar-refractivity contribution in [1.82, 2.24) is 5.32 Å². The molecule has 1 atom stereocenters. The van der Waals surface area contributed by atoms with Gasteiger partial charge in [-0.2, -0.15) is 5.26 Å². The minimum Gasteiger partial charge on any atom is -0.484 e. The van der Waals surface area contributed by atoms with E-state index in [4.69, 9.17) is 14.7 Å². The summed E-state index contributed by atoms with van der Waals surface area (Å²) >= 11 is 0. The molecule has 1 fully saturated rings. The molecule has 0 spiro atoms. The van der Waals surface area contributed by atoms with Crippen LogP contribution in [0.3, 0.4) is 0 Å². The van der Waals surface area contributed by atoms with Gasteiger partial charge in [0.2, 0.25) is 0 Å². The van der Waals surface area contributed by atoms with Gasteiger partial charge < -0.3 is 14.8 Å². The van der Waals surface area contributed by atoms with E-state index in [-0.39, 0.29) is 18.1 Å². The lowest BCUT2D eigenvalue weighted by molar-refractivity contribution is -0.124. The first-order valence-corrected chi connectivity index (χ1v) is 6.65. The van der Waals surface area contributed by atoms with Crippen LogP contribution in [0.2, 0.25) is 0 Å². The van der Waals surface area contributed by atoms with Gasteiger partial charge in [0, 0.05) is 13.2 Å². The molecule has 2 rings (SSSR count). The third-order valence-corrected chi connectivity index (χ3v) is 3.31. The summed E-state index contributed by atoms with van der Waals surface area (Å²) < 4.78 is 10.9. The summed E-state index contributed by atoms with van der Waals surface area (Å²) in [7, 11) is 0. The fraction of sp³-hybridized carbons (Fsp3) is 0.467. The lowest BCUT2D eigenvalue weighted by Gasteiger charge is -2.23. The van der Waals surface area contributed by atoms with Crippen LogP contribution in [0.15, 0.2) is 24.3 Å². The number of nitriles is 1. The molecular formula is C15H18N2O3. The second kappa shape index (κ2) is 6.40. The fourth-order valence-electron chi connectivity index (χ4n) is 2.09. The van der Waals surface area contributed by atoms with Gasteiger partial charge in [-0.1, -0.05) is 0 Å². The first-order chi connectivity index (χ1) is 9.61. The summed E-state index contributed by atoms with van der Waals surface area (Å²) in [4.78, 5) is 11.7. The summed E-state index contributed by atoms with van der Waals surface area (Å²) in [5.41, 5.74) is 0.317. The Morgan fingerprint density at radius 2 is 2.25 bits per heavy atom. The molecule has 5 heteroatoms. The zero-order valence-corrected chi connectivity index (χ0v) is 11.5. The molecule has 1 unspecified atom stereocenters. The van der Waals surface area contributed by atoms with Crippen LogP contribution in [-0.2, 0) is 9.53 Å². The number of carbonyl (C=O) groups excluding carboxylic acids is 1. The van der Waals surface area contributed by atoms with Gasteiger partial charge in [0.05, 0.1) is 17.2 Å². The number of benzene rings is 1. The second-order valence-corrected chi connectivity index (χ2v) is 5.10. The van der Waals surface area contributed by atoms with Gasteiger partial charge >= 0.3 is 0 Å². The molecule has 1 aliphatic rings. The number of carbonyl (C=O) groups is 1. The lowest BCUT2D eigenvalue weighted by Crippen LogP contribution is -2.41. The molecule has 1 saturated heterocycles. The molecule has 0 aromatic heterocycles. The molecule has 5 nitrogen and oxygen atoms in total. The Bertz CT molecular complexity index is 499. The predicted octanol–water partition coefficient (Wildman–Crippen LogP) is 1.62. The Hall–Kier alpha value is -2.06. The van der Waals surface area contributed by atoms with Gasteiger partial charge in [-0.25, -0.2) is 0 Å². The van der Waals surface area contributed by atoms with Crippen molar-refractivity contribution in [3.63, 3.8) is 0 Å². The molecule has 1 N–H and O–H groups in total. The Morgan fingerprint density at radius 3 is 2.85 bits per heavy atom. The van der Waals surface area contributed by atoms with E-state index in [1.807, 2.05) is 13.0 Å². The standard InChI is InChI=1S/C15H18N2O3/c1-15(7-2-8-20-15)11-17-14(18)10-19-13-5-3-12(9-16)4-6-13/h3-6H,2,7-8,10-11H2,1H3,(H,17,18). The number of nitrogens with zero attached hydrogens (tertiary/aromatic N) is 1. The Morgan fingerprint density at radius 1 is 1.50 bits per heavy atom. The van der Waals surface area contributed by atoms with Crippen LogP contribution in [0, 0.1) is 11.3 Å². The van der Waals surface area contributed by atoms with Gasteiger partial charge in [0.1, 0.15) is 5.75 Å². The summed E-state index contributed by atoms with van der Waals surface area (Å²) in [5, 5.41) is 11.5. The number of rotatable bonds is 5. The van der Waals surface area contributed by atoms with Crippen LogP contribution in [-0.4, -0.2) is 31.3 Å². The lowest BCUT2D eigenvalue weighted by atomic mass is 10.0. The average molecular weight is 274 g/mol. The SMILES string of the molecule is CC1(CNC(=O)COc2ccc(C#N)cc2)CCCO1. The van der Waals surface area contributed by atoms with E-state index < -0.39 is 0 Å². The molecule has 1 amide bonds. The largest absolute Gasteiger partial charge is 0.484 e. The average Bonchev–Trinajstić information content (AvgIpc) is 2.91. The second-order valence-electron chi connectivity index (χ2n) is 5.10. The molecule has 1 aromatic carbocycles. The molecule has 1 heterocycles. The highest BCUT2D eigenvalue weighted by molar-refractivity contribution is 5.77. The fourth-order valence-corrected chi connectivity index (χ4v) is 2.09. The smallest absolute Gasteiger partial charge is 0.258 e. The van der Waals surface area contributed by atoms with Crippen molar-refractivity contribution in [1.29, 1.82) is 5.26 Å². The molecule has 0 aliphatic carbocycles. The number of hydrogen-bond donors (Lipinski definition) is 1. The van der Waals surface area contributed by atoms with Crippen LogP contribution in [0.1, 0.15) is 25.3 Å². The first-order valence-electron chi connectivity index (χ1n) is 6.65. The topological polar surface area (TPSA) is 71.3 Å². The van der Waals surface area contributed by atoms with Crippen molar-refractivity contribution < 1.29 is 14.3 Å². The molecule has 1 aliphatic heterocycles. The maximum atomic E-state index is 11.7. The monoisotopic (exact) mass is 274 g/mol. The zero-order valence-electron chi connectivity index (χ0n) is 11.5. The third kappa shape index (κ3) is 3.97. The third-order valence-electron chi connectivity index (χ3n) is 3.31. The molecule has 0 bridgehead atoms. The molecule has 1 aromatic rings.